The maximum atomic E-state index is 12.4. The van der Waals surface area contributed by atoms with Gasteiger partial charge in [0.25, 0.3) is 0 Å². The summed E-state index contributed by atoms with van der Waals surface area (Å²) in [4.78, 5) is 14.3. The van der Waals surface area contributed by atoms with Crippen LogP contribution in [0.15, 0.2) is 22.8 Å². The average molecular weight is 354 g/mol. The first-order valence-electron chi connectivity index (χ1n) is 7.29. The zero-order chi connectivity index (χ0) is 16.1. The third-order valence-electron chi connectivity index (χ3n) is 3.39. The fraction of sp³-hybridized carbons (Fsp3) is 0.538. The van der Waals surface area contributed by atoms with Gasteiger partial charge in [0.2, 0.25) is 11.0 Å². The van der Waals surface area contributed by atoms with Crippen LogP contribution in [0.25, 0.3) is 0 Å². The van der Waals surface area contributed by atoms with Crippen LogP contribution >= 0.6 is 23.1 Å². The molecule has 1 fully saturated rings. The lowest BCUT2D eigenvalue weighted by atomic mass is 10.3. The predicted molar refractivity (Wildman–Crippen MR) is 88.2 cm³/mol. The highest BCUT2D eigenvalue weighted by atomic mass is 32.2. The van der Waals surface area contributed by atoms with Crippen LogP contribution in [0.2, 0.25) is 0 Å². The van der Waals surface area contributed by atoms with Crippen LogP contribution in [-0.2, 0) is 16.1 Å². The quantitative estimate of drug-likeness (QED) is 0.790. The van der Waals surface area contributed by atoms with E-state index < -0.39 is 0 Å². The molecule has 1 amide bonds. The van der Waals surface area contributed by atoms with E-state index in [1.807, 2.05) is 21.8 Å². The summed E-state index contributed by atoms with van der Waals surface area (Å²) in [5, 5.41) is 12.3. The molecule has 0 unspecified atom stereocenters. The van der Waals surface area contributed by atoms with Gasteiger partial charge in [0.1, 0.15) is 0 Å². The molecule has 2 aromatic heterocycles. The van der Waals surface area contributed by atoms with E-state index in [0.29, 0.717) is 37.1 Å². The first-order valence-corrected chi connectivity index (χ1v) is 9.09. The largest absolute Gasteiger partial charge is 0.374 e. The summed E-state index contributed by atoms with van der Waals surface area (Å²) in [6.45, 7) is 2.61. The third kappa shape index (κ3) is 4.66. The second kappa shape index (κ2) is 7.75. The number of ether oxygens (including phenoxy) is 1. The van der Waals surface area contributed by atoms with Crippen molar-refractivity contribution in [1.29, 1.82) is 0 Å². The van der Waals surface area contributed by atoms with Crippen LogP contribution in [0.1, 0.15) is 6.42 Å². The Hall–Kier alpha value is -1.65. The number of nitrogen functional groups attached to an aromatic ring is 1. The Balaban J connectivity index is 1.53. The summed E-state index contributed by atoms with van der Waals surface area (Å²) in [6, 6.07) is 1.88. The number of nitrogens with two attached hydrogens (primary N) is 1. The number of aromatic nitrogens is 4. The second-order valence-electron chi connectivity index (χ2n) is 5.11. The van der Waals surface area contributed by atoms with Crippen LogP contribution < -0.4 is 5.73 Å². The fourth-order valence-corrected chi connectivity index (χ4v) is 3.88. The first kappa shape index (κ1) is 16.2. The van der Waals surface area contributed by atoms with Crippen LogP contribution in [0.5, 0.6) is 0 Å². The highest BCUT2D eigenvalue weighted by Gasteiger charge is 2.23. The molecule has 0 aliphatic carbocycles. The molecule has 2 aromatic rings. The van der Waals surface area contributed by atoms with Gasteiger partial charge in [-0.1, -0.05) is 23.1 Å². The van der Waals surface area contributed by atoms with Gasteiger partial charge >= 0.3 is 0 Å². The molecule has 1 atom stereocenters. The van der Waals surface area contributed by atoms with Crippen molar-refractivity contribution in [3.63, 3.8) is 0 Å². The number of carbonyl (C=O) groups is 1. The molecule has 3 heterocycles. The Morgan fingerprint density at radius 1 is 1.52 bits per heavy atom. The molecule has 124 valence electrons. The van der Waals surface area contributed by atoms with Gasteiger partial charge in [-0.15, -0.1) is 10.2 Å². The molecule has 0 saturated carbocycles. The molecule has 2 N–H and O–H groups in total. The smallest absolute Gasteiger partial charge is 0.233 e. The van der Waals surface area contributed by atoms with Gasteiger partial charge in [0.15, 0.2) is 4.34 Å². The number of carbonyl (C=O) groups excluding carboxylic acids is 1. The SMILES string of the molecule is Nc1nnc(SCC(=O)N2CCCO[C@@H](Cn3cccn3)C2)s1. The van der Waals surface area contributed by atoms with Crippen molar-refractivity contribution in [3.05, 3.63) is 18.5 Å². The van der Waals surface area contributed by atoms with Gasteiger partial charge in [0, 0.05) is 32.1 Å². The number of thioether (sulfide) groups is 1. The van der Waals surface area contributed by atoms with E-state index in [1.54, 1.807) is 6.20 Å². The van der Waals surface area contributed by atoms with E-state index in [0.717, 1.165) is 10.8 Å². The van der Waals surface area contributed by atoms with Crippen molar-refractivity contribution in [2.45, 2.75) is 23.4 Å². The van der Waals surface area contributed by atoms with E-state index in [-0.39, 0.29) is 12.0 Å². The lowest BCUT2D eigenvalue weighted by Crippen LogP contribution is -2.39. The van der Waals surface area contributed by atoms with Crippen molar-refractivity contribution >= 4 is 34.1 Å². The highest BCUT2D eigenvalue weighted by Crippen LogP contribution is 2.24. The normalized spacial score (nSPS) is 18.8. The van der Waals surface area contributed by atoms with E-state index in [2.05, 4.69) is 15.3 Å². The Kier molecular flexibility index (Phi) is 5.47. The number of rotatable bonds is 5. The second-order valence-corrected chi connectivity index (χ2v) is 7.34. The van der Waals surface area contributed by atoms with Gasteiger partial charge in [-0.25, -0.2) is 0 Å². The molecule has 0 bridgehead atoms. The Morgan fingerprint density at radius 2 is 2.43 bits per heavy atom. The topological polar surface area (TPSA) is 99.2 Å². The van der Waals surface area contributed by atoms with E-state index in [9.17, 15) is 4.79 Å². The molecule has 1 saturated heterocycles. The fourth-order valence-electron chi connectivity index (χ4n) is 2.34. The summed E-state index contributed by atoms with van der Waals surface area (Å²) >= 11 is 2.67. The minimum absolute atomic E-state index is 0.0384. The number of hydrogen-bond donors (Lipinski definition) is 1. The number of hydrogen-bond acceptors (Lipinski definition) is 8. The molecule has 8 nitrogen and oxygen atoms in total. The van der Waals surface area contributed by atoms with Crippen LogP contribution in [0, 0.1) is 0 Å². The molecule has 1 aliphatic rings. The molecule has 3 rings (SSSR count). The molecule has 23 heavy (non-hydrogen) atoms. The van der Waals surface area contributed by atoms with Crippen molar-refractivity contribution in [2.24, 2.45) is 0 Å². The van der Waals surface area contributed by atoms with Crippen molar-refractivity contribution in [2.75, 3.05) is 31.2 Å². The lowest BCUT2D eigenvalue weighted by Gasteiger charge is -2.23. The minimum Gasteiger partial charge on any atom is -0.374 e. The maximum Gasteiger partial charge on any atom is 0.233 e. The number of nitrogens with zero attached hydrogens (tertiary/aromatic N) is 5. The zero-order valence-corrected chi connectivity index (χ0v) is 14.1. The Bertz CT molecular complexity index is 632. The van der Waals surface area contributed by atoms with Crippen LogP contribution in [-0.4, -0.2) is 62.3 Å². The summed E-state index contributed by atoms with van der Waals surface area (Å²) in [7, 11) is 0. The number of amides is 1. The molecule has 10 heteroatoms. The minimum atomic E-state index is -0.0384. The van der Waals surface area contributed by atoms with E-state index in [1.165, 1.54) is 23.1 Å². The molecule has 0 radical (unpaired) electrons. The third-order valence-corrected chi connectivity index (χ3v) is 5.26. The molecule has 0 aromatic carbocycles. The predicted octanol–water partition coefficient (Wildman–Crippen LogP) is 0.727. The Morgan fingerprint density at radius 3 is 3.17 bits per heavy atom. The Labute approximate surface area is 142 Å². The zero-order valence-electron chi connectivity index (χ0n) is 12.5. The lowest BCUT2D eigenvalue weighted by molar-refractivity contribution is -0.129. The molecule has 0 spiro atoms. The van der Waals surface area contributed by atoms with Gasteiger partial charge in [-0.3, -0.25) is 9.48 Å². The summed E-state index contributed by atoms with van der Waals surface area (Å²) in [6.07, 6.45) is 4.45. The van der Waals surface area contributed by atoms with Crippen LogP contribution in [0.4, 0.5) is 5.13 Å². The van der Waals surface area contributed by atoms with Gasteiger partial charge < -0.3 is 15.4 Å². The summed E-state index contributed by atoms with van der Waals surface area (Å²) in [5.74, 6) is 0.420. The molecule has 1 aliphatic heterocycles. The average Bonchev–Trinajstić information content (AvgIpc) is 3.13. The molecular formula is C13H18N6O2S2. The van der Waals surface area contributed by atoms with E-state index in [4.69, 9.17) is 10.5 Å². The van der Waals surface area contributed by atoms with Crippen molar-refractivity contribution < 1.29 is 9.53 Å². The summed E-state index contributed by atoms with van der Waals surface area (Å²) < 4.78 is 8.37. The first-order chi connectivity index (χ1) is 11.2. The number of anilines is 1. The monoisotopic (exact) mass is 354 g/mol. The summed E-state index contributed by atoms with van der Waals surface area (Å²) in [5.41, 5.74) is 5.54. The van der Waals surface area contributed by atoms with Gasteiger partial charge in [-0.2, -0.15) is 5.10 Å². The highest BCUT2D eigenvalue weighted by molar-refractivity contribution is 8.01. The standard InChI is InChI=1S/C13H18N6O2S2/c14-12-16-17-13(23-12)22-9-11(20)18-4-2-6-21-10(7-18)8-19-5-1-3-15-19/h1,3,5,10H,2,4,6-9H2,(H2,14,16)/t10-/m1/s1. The van der Waals surface area contributed by atoms with Crippen LogP contribution in [0.3, 0.4) is 0 Å². The van der Waals surface area contributed by atoms with E-state index >= 15 is 0 Å². The van der Waals surface area contributed by atoms with Gasteiger partial charge in [-0.05, 0) is 12.5 Å². The van der Waals surface area contributed by atoms with Gasteiger partial charge in [0.05, 0.1) is 18.4 Å². The maximum absolute atomic E-state index is 12.4. The molecular weight excluding hydrogens is 336 g/mol. The van der Waals surface area contributed by atoms with Crippen molar-refractivity contribution in [3.8, 4) is 0 Å². The van der Waals surface area contributed by atoms with Crippen molar-refractivity contribution in [1.82, 2.24) is 24.9 Å².